The number of nitrogens with zero attached hydrogens (tertiary/aromatic N) is 4. The van der Waals surface area contributed by atoms with Gasteiger partial charge in [-0.15, -0.1) is 5.10 Å². The van der Waals surface area contributed by atoms with Crippen molar-refractivity contribution in [3.05, 3.63) is 83.9 Å². The molecule has 1 aliphatic rings. The molecule has 1 fully saturated rings. The van der Waals surface area contributed by atoms with E-state index < -0.39 is 6.04 Å². The van der Waals surface area contributed by atoms with Crippen molar-refractivity contribution in [2.75, 3.05) is 19.8 Å². The third-order valence-corrected chi connectivity index (χ3v) is 6.91. The molecule has 40 heavy (non-hydrogen) atoms. The lowest BCUT2D eigenvalue weighted by atomic mass is 10.0. The van der Waals surface area contributed by atoms with Gasteiger partial charge in [-0.2, -0.15) is 0 Å². The van der Waals surface area contributed by atoms with Crippen molar-refractivity contribution in [3.8, 4) is 11.5 Å². The molecular formula is C30H33N5O5. The minimum Gasteiger partial charge on any atom is -0.504 e. The van der Waals surface area contributed by atoms with Crippen molar-refractivity contribution in [2.45, 2.75) is 45.0 Å². The third-order valence-electron chi connectivity index (χ3n) is 6.91. The Kier molecular flexibility index (Phi) is 8.56. The normalized spacial score (nSPS) is 15.6. The largest absolute Gasteiger partial charge is 0.504 e. The van der Waals surface area contributed by atoms with E-state index in [1.165, 1.54) is 6.07 Å². The second-order valence-corrected chi connectivity index (χ2v) is 9.69. The van der Waals surface area contributed by atoms with E-state index in [1.807, 2.05) is 61.5 Å². The maximum atomic E-state index is 14.1. The number of rotatable bonds is 11. The highest BCUT2D eigenvalue weighted by molar-refractivity contribution is 5.89. The van der Waals surface area contributed by atoms with E-state index >= 15 is 0 Å². The lowest BCUT2D eigenvalue weighted by Gasteiger charge is -2.32. The summed E-state index contributed by atoms with van der Waals surface area (Å²) in [7, 11) is 0. The molecule has 2 atom stereocenters. The van der Waals surface area contributed by atoms with Gasteiger partial charge in [0.2, 0.25) is 11.8 Å². The van der Waals surface area contributed by atoms with Gasteiger partial charge in [0.15, 0.2) is 11.5 Å². The zero-order valence-electron chi connectivity index (χ0n) is 22.4. The number of aromatic nitrogens is 3. The molecule has 1 aliphatic heterocycles. The molecule has 2 heterocycles. The highest BCUT2D eigenvalue weighted by Gasteiger charge is 2.33. The summed E-state index contributed by atoms with van der Waals surface area (Å²) in [5.41, 5.74) is 2.77. The standard InChI is InChI=1S/C30H33N5O5/c1-2-39-27-17-22(14-15-26(27)36)29(30(38)31-18-23-11-8-16-40-23)34(19-21-9-4-3-5-10-21)28(37)20-35-25-13-7-6-12-24(25)32-33-35/h3-7,9-10,12-15,17,23,29,36H,2,8,11,16,18-20H2,1H3,(H,31,38). The van der Waals surface area contributed by atoms with Crippen LogP contribution in [-0.2, 0) is 27.4 Å². The summed E-state index contributed by atoms with van der Waals surface area (Å²) in [5.74, 6) is -0.468. The number of fused-ring (bicyclic) bond motifs is 1. The number of hydrogen-bond donors (Lipinski definition) is 2. The Morgan fingerprint density at radius 3 is 2.73 bits per heavy atom. The minimum absolute atomic E-state index is 0.0425. The number of nitrogens with one attached hydrogen (secondary N) is 1. The van der Waals surface area contributed by atoms with E-state index in [1.54, 1.807) is 21.7 Å². The van der Waals surface area contributed by atoms with Crippen LogP contribution in [0.25, 0.3) is 11.0 Å². The van der Waals surface area contributed by atoms with Gasteiger partial charge in [-0.05, 0) is 55.2 Å². The second-order valence-electron chi connectivity index (χ2n) is 9.69. The molecule has 4 aromatic rings. The zero-order valence-corrected chi connectivity index (χ0v) is 22.4. The van der Waals surface area contributed by atoms with Crippen molar-refractivity contribution in [1.82, 2.24) is 25.2 Å². The van der Waals surface area contributed by atoms with Gasteiger partial charge in [0.05, 0.1) is 18.2 Å². The van der Waals surface area contributed by atoms with Gasteiger partial charge in [-0.3, -0.25) is 9.59 Å². The Labute approximate surface area is 232 Å². The van der Waals surface area contributed by atoms with Crippen molar-refractivity contribution in [1.29, 1.82) is 0 Å². The number of phenolic OH excluding ortho intramolecular Hbond substituents is 1. The van der Waals surface area contributed by atoms with Crippen molar-refractivity contribution >= 4 is 22.8 Å². The van der Waals surface area contributed by atoms with Crippen LogP contribution in [0.15, 0.2) is 72.8 Å². The Balaban J connectivity index is 1.52. The van der Waals surface area contributed by atoms with Crippen LogP contribution in [0.1, 0.15) is 36.9 Å². The number of benzene rings is 3. The SMILES string of the molecule is CCOc1cc(C(C(=O)NCC2CCCO2)N(Cc2ccccc2)C(=O)Cn2nnc3ccccc32)ccc1O. The Hall–Kier alpha value is -4.44. The number of phenols is 1. The monoisotopic (exact) mass is 543 g/mol. The molecule has 1 aromatic heterocycles. The smallest absolute Gasteiger partial charge is 0.247 e. The highest BCUT2D eigenvalue weighted by Crippen LogP contribution is 2.33. The fourth-order valence-electron chi connectivity index (χ4n) is 4.92. The van der Waals surface area contributed by atoms with Crippen LogP contribution in [0.4, 0.5) is 0 Å². The molecule has 0 bridgehead atoms. The number of aromatic hydroxyl groups is 1. The fourth-order valence-corrected chi connectivity index (χ4v) is 4.92. The number of carbonyl (C=O) groups is 2. The lowest BCUT2D eigenvalue weighted by molar-refractivity contribution is -0.142. The first kappa shape index (κ1) is 27.1. The fraction of sp³-hybridized carbons (Fsp3) is 0.333. The van der Waals surface area contributed by atoms with E-state index in [-0.39, 0.29) is 42.5 Å². The number of carbonyl (C=O) groups excluding carboxylic acids is 2. The summed E-state index contributed by atoms with van der Waals surface area (Å²) in [5, 5.41) is 21.7. The molecule has 5 rings (SSSR count). The predicted molar refractivity (Wildman–Crippen MR) is 149 cm³/mol. The average molecular weight is 544 g/mol. The highest BCUT2D eigenvalue weighted by atomic mass is 16.5. The van der Waals surface area contributed by atoms with Crippen LogP contribution in [0.3, 0.4) is 0 Å². The maximum Gasteiger partial charge on any atom is 0.247 e. The third kappa shape index (κ3) is 6.23. The van der Waals surface area contributed by atoms with E-state index in [2.05, 4.69) is 15.6 Å². The van der Waals surface area contributed by atoms with E-state index in [4.69, 9.17) is 9.47 Å². The van der Waals surface area contributed by atoms with Crippen LogP contribution >= 0.6 is 0 Å². The Morgan fingerprint density at radius 1 is 1.15 bits per heavy atom. The molecule has 3 aromatic carbocycles. The molecule has 2 N–H and O–H groups in total. The molecule has 1 saturated heterocycles. The summed E-state index contributed by atoms with van der Waals surface area (Å²) in [6.07, 6.45) is 1.75. The van der Waals surface area contributed by atoms with Crippen molar-refractivity contribution in [2.24, 2.45) is 0 Å². The van der Waals surface area contributed by atoms with E-state index in [9.17, 15) is 14.7 Å². The van der Waals surface area contributed by atoms with E-state index in [0.717, 1.165) is 23.9 Å². The van der Waals surface area contributed by atoms with Gasteiger partial charge in [-0.1, -0.05) is 53.7 Å². The lowest BCUT2D eigenvalue weighted by Crippen LogP contribution is -2.46. The molecule has 0 saturated carbocycles. The topological polar surface area (TPSA) is 119 Å². The Bertz CT molecular complexity index is 1450. The van der Waals surface area contributed by atoms with Gasteiger partial charge in [0.1, 0.15) is 18.1 Å². The van der Waals surface area contributed by atoms with Gasteiger partial charge >= 0.3 is 0 Å². The van der Waals surface area contributed by atoms with Gasteiger partial charge in [0.25, 0.3) is 0 Å². The summed E-state index contributed by atoms with van der Waals surface area (Å²) >= 11 is 0. The molecule has 0 spiro atoms. The van der Waals surface area contributed by atoms with Gasteiger partial charge in [-0.25, -0.2) is 4.68 Å². The van der Waals surface area contributed by atoms with Crippen molar-refractivity contribution in [3.63, 3.8) is 0 Å². The Morgan fingerprint density at radius 2 is 1.95 bits per heavy atom. The van der Waals surface area contributed by atoms with Crippen LogP contribution in [0.5, 0.6) is 11.5 Å². The summed E-state index contributed by atoms with van der Waals surface area (Å²) < 4.78 is 12.9. The van der Waals surface area contributed by atoms with Crippen LogP contribution < -0.4 is 10.1 Å². The number of hydrogen-bond acceptors (Lipinski definition) is 7. The van der Waals surface area contributed by atoms with Gasteiger partial charge < -0.3 is 24.8 Å². The molecule has 208 valence electrons. The van der Waals surface area contributed by atoms with Gasteiger partial charge in [0, 0.05) is 19.7 Å². The molecule has 2 unspecified atom stereocenters. The zero-order chi connectivity index (χ0) is 27.9. The second kappa shape index (κ2) is 12.6. The molecular weight excluding hydrogens is 510 g/mol. The number of para-hydroxylation sites is 1. The number of ether oxygens (including phenoxy) is 2. The first-order chi connectivity index (χ1) is 19.5. The summed E-state index contributed by atoms with van der Waals surface area (Å²) in [4.78, 5) is 29.5. The maximum absolute atomic E-state index is 14.1. The average Bonchev–Trinajstić information content (AvgIpc) is 3.64. The predicted octanol–water partition coefficient (Wildman–Crippen LogP) is 3.60. The number of amides is 2. The molecule has 2 amide bonds. The van der Waals surface area contributed by atoms with Crippen LogP contribution in [0.2, 0.25) is 0 Å². The minimum atomic E-state index is -1.01. The van der Waals surface area contributed by atoms with Crippen LogP contribution in [-0.4, -0.2) is 62.7 Å². The first-order valence-electron chi connectivity index (χ1n) is 13.5. The quantitative estimate of drug-likeness (QED) is 0.297. The molecule has 0 aliphatic carbocycles. The van der Waals surface area contributed by atoms with Crippen LogP contribution in [0, 0.1) is 0 Å². The van der Waals surface area contributed by atoms with E-state index in [0.29, 0.717) is 30.8 Å². The molecule has 0 radical (unpaired) electrons. The summed E-state index contributed by atoms with van der Waals surface area (Å²) in [6, 6.07) is 20.6. The van der Waals surface area contributed by atoms with Crippen molar-refractivity contribution < 1.29 is 24.2 Å². The first-order valence-corrected chi connectivity index (χ1v) is 13.5. The molecule has 10 heteroatoms. The summed E-state index contributed by atoms with van der Waals surface area (Å²) in [6.45, 7) is 3.22. The molecule has 10 nitrogen and oxygen atoms in total.